The second-order valence-electron chi connectivity index (χ2n) is 7.56. The number of amides is 1. The highest BCUT2D eigenvalue weighted by Crippen LogP contribution is 2.24. The fourth-order valence-corrected chi connectivity index (χ4v) is 3.89. The lowest BCUT2D eigenvalue weighted by Crippen LogP contribution is -2.34. The van der Waals surface area contributed by atoms with E-state index in [1.807, 2.05) is 37.3 Å². The Kier molecular flexibility index (Phi) is 5.65. The van der Waals surface area contributed by atoms with Gasteiger partial charge in [-0.25, -0.2) is 4.98 Å². The maximum atomic E-state index is 12.6. The highest BCUT2D eigenvalue weighted by atomic mass is 16.5. The normalized spacial score (nSPS) is 14.1. The summed E-state index contributed by atoms with van der Waals surface area (Å²) in [5, 5.41) is 4.12. The summed E-state index contributed by atoms with van der Waals surface area (Å²) in [4.78, 5) is 18.6. The van der Waals surface area contributed by atoms with E-state index in [1.54, 1.807) is 12.1 Å². The molecule has 1 aliphatic rings. The van der Waals surface area contributed by atoms with Gasteiger partial charge in [-0.2, -0.15) is 0 Å². The van der Waals surface area contributed by atoms with E-state index in [-0.39, 0.29) is 5.91 Å². The van der Waals surface area contributed by atoms with Crippen LogP contribution in [0.3, 0.4) is 0 Å². The van der Waals surface area contributed by atoms with Crippen molar-refractivity contribution in [2.24, 2.45) is 0 Å². The van der Waals surface area contributed by atoms with E-state index in [9.17, 15) is 4.79 Å². The van der Waals surface area contributed by atoms with Gasteiger partial charge in [-0.15, -0.1) is 0 Å². The number of nitrogens with one attached hydrogen (secondary N) is 2. The van der Waals surface area contributed by atoms with Crippen molar-refractivity contribution in [2.75, 3.05) is 29.9 Å². The largest absolute Gasteiger partial charge is 0.494 e. The van der Waals surface area contributed by atoms with Crippen LogP contribution in [0.2, 0.25) is 0 Å². The molecule has 150 valence electrons. The van der Waals surface area contributed by atoms with Gasteiger partial charge >= 0.3 is 0 Å². The van der Waals surface area contributed by atoms with Crippen LogP contribution in [0.25, 0.3) is 10.9 Å². The summed E-state index contributed by atoms with van der Waals surface area (Å²) in [6, 6.07) is 15.4. The lowest BCUT2D eigenvalue weighted by Gasteiger charge is -2.21. The third kappa shape index (κ3) is 4.34. The number of hydrogen-bond donors (Lipinski definition) is 1. The van der Waals surface area contributed by atoms with Crippen LogP contribution in [-0.4, -0.2) is 25.6 Å². The number of nitrogens with zero attached hydrogens (tertiary/aromatic N) is 1. The first-order valence-corrected chi connectivity index (χ1v) is 10.4. The molecule has 0 unspecified atom stereocenters. The third-order valence-corrected chi connectivity index (χ3v) is 5.44. The van der Waals surface area contributed by atoms with Crippen LogP contribution in [0, 0.1) is 6.92 Å². The number of fused-ring (bicyclic) bond motifs is 1. The van der Waals surface area contributed by atoms with Crippen LogP contribution in [0.15, 0.2) is 48.5 Å². The second-order valence-corrected chi connectivity index (χ2v) is 7.56. The zero-order chi connectivity index (χ0) is 20.2. The van der Waals surface area contributed by atoms with Crippen molar-refractivity contribution in [3.05, 3.63) is 59.7 Å². The number of aromatic nitrogens is 1. The average Bonchev–Trinajstić information content (AvgIpc) is 2.75. The van der Waals surface area contributed by atoms with Gasteiger partial charge in [0.05, 0.1) is 19.7 Å². The molecule has 5 nitrogen and oxygen atoms in total. The predicted molar refractivity (Wildman–Crippen MR) is 117 cm³/mol. The standard InChI is InChI=1S/C24H27N3O2/c1-3-29-20-10-7-18(8-11-20)24(28)25-19-9-12-22-21(16-19)17(2)15-23(26-22)27-13-5-4-6-14-27/h7-12,15-16H,3-6,13-14H2,1-2H3,(H,25,28)/p+1. The second kappa shape index (κ2) is 8.52. The first kappa shape index (κ1) is 19.2. The molecule has 1 aliphatic heterocycles. The van der Waals surface area contributed by atoms with E-state index in [1.165, 1.54) is 30.6 Å². The number of rotatable bonds is 5. The first-order chi connectivity index (χ1) is 14.1. The van der Waals surface area contributed by atoms with Gasteiger partial charge in [0.1, 0.15) is 11.3 Å². The minimum absolute atomic E-state index is 0.126. The topological polar surface area (TPSA) is 55.7 Å². The average molecular weight is 391 g/mol. The zero-order valence-corrected chi connectivity index (χ0v) is 17.1. The molecular weight excluding hydrogens is 362 g/mol. The van der Waals surface area contributed by atoms with E-state index in [0.29, 0.717) is 12.2 Å². The Morgan fingerprint density at radius 2 is 1.83 bits per heavy atom. The van der Waals surface area contributed by atoms with E-state index >= 15 is 0 Å². The fourth-order valence-electron chi connectivity index (χ4n) is 3.89. The SMILES string of the molecule is CCOc1ccc(C(=O)Nc2ccc3[nH+]c(N4CCCCC4)cc(C)c3c2)cc1. The Bertz CT molecular complexity index is 1010. The molecule has 0 radical (unpaired) electrons. The quantitative estimate of drug-likeness (QED) is 0.692. The molecule has 0 aliphatic carbocycles. The van der Waals surface area contributed by atoms with Crippen LogP contribution in [0.5, 0.6) is 5.75 Å². The number of H-pyrrole nitrogens is 1. The van der Waals surface area contributed by atoms with Crippen LogP contribution in [0.4, 0.5) is 11.5 Å². The predicted octanol–water partition coefficient (Wildman–Crippen LogP) is 4.60. The molecule has 0 spiro atoms. The summed E-state index contributed by atoms with van der Waals surface area (Å²) in [7, 11) is 0. The summed E-state index contributed by atoms with van der Waals surface area (Å²) < 4.78 is 5.43. The molecule has 2 heterocycles. The molecule has 2 aromatic carbocycles. The summed E-state index contributed by atoms with van der Waals surface area (Å²) >= 11 is 0. The summed E-state index contributed by atoms with van der Waals surface area (Å²) in [6.45, 7) is 6.89. The molecule has 1 saturated heterocycles. The molecule has 4 rings (SSSR count). The molecule has 3 aromatic rings. The van der Waals surface area contributed by atoms with Crippen molar-refractivity contribution >= 4 is 28.3 Å². The first-order valence-electron chi connectivity index (χ1n) is 10.4. The molecule has 1 aromatic heterocycles. The molecule has 29 heavy (non-hydrogen) atoms. The zero-order valence-electron chi connectivity index (χ0n) is 17.1. The number of aryl methyl sites for hydroxylation is 1. The molecule has 2 N–H and O–H groups in total. The molecule has 1 fully saturated rings. The van der Waals surface area contributed by atoms with Crippen molar-refractivity contribution in [3.8, 4) is 5.75 Å². The Balaban J connectivity index is 1.53. The highest BCUT2D eigenvalue weighted by molar-refractivity contribution is 6.05. The van der Waals surface area contributed by atoms with Gasteiger partial charge < -0.3 is 10.1 Å². The molecule has 0 bridgehead atoms. The van der Waals surface area contributed by atoms with Crippen molar-refractivity contribution in [3.63, 3.8) is 0 Å². The smallest absolute Gasteiger partial charge is 0.275 e. The lowest BCUT2D eigenvalue weighted by molar-refractivity contribution is -0.330. The van der Waals surface area contributed by atoms with Crippen molar-refractivity contribution < 1.29 is 14.5 Å². The summed E-state index contributed by atoms with van der Waals surface area (Å²) in [5.74, 6) is 1.82. The van der Waals surface area contributed by atoms with E-state index in [2.05, 4.69) is 28.2 Å². The van der Waals surface area contributed by atoms with Crippen LogP contribution >= 0.6 is 0 Å². The summed E-state index contributed by atoms with van der Waals surface area (Å²) in [6.07, 6.45) is 3.82. The third-order valence-electron chi connectivity index (χ3n) is 5.44. The van der Waals surface area contributed by atoms with Crippen LogP contribution < -0.4 is 19.9 Å². The minimum atomic E-state index is -0.126. The maximum Gasteiger partial charge on any atom is 0.275 e. The molecule has 0 atom stereocenters. The molecular formula is C24H28N3O2+. The Morgan fingerprint density at radius 3 is 2.55 bits per heavy atom. The number of carbonyl (C=O) groups is 1. The van der Waals surface area contributed by atoms with Gasteiger partial charge in [-0.1, -0.05) is 0 Å². The van der Waals surface area contributed by atoms with Gasteiger partial charge in [0.2, 0.25) is 0 Å². The number of aromatic amines is 1. The van der Waals surface area contributed by atoms with Gasteiger partial charge in [0.15, 0.2) is 0 Å². The number of piperidine rings is 1. The lowest BCUT2D eigenvalue weighted by atomic mass is 10.1. The van der Waals surface area contributed by atoms with Gasteiger partial charge in [0.25, 0.3) is 11.7 Å². The number of benzene rings is 2. The number of anilines is 2. The van der Waals surface area contributed by atoms with Crippen molar-refractivity contribution in [2.45, 2.75) is 33.1 Å². The monoisotopic (exact) mass is 390 g/mol. The van der Waals surface area contributed by atoms with Crippen molar-refractivity contribution in [1.29, 1.82) is 0 Å². The van der Waals surface area contributed by atoms with Crippen molar-refractivity contribution in [1.82, 2.24) is 0 Å². The van der Waals surface area contributed by atoms with E-state index in [4.69, 9.17) is 4.74 Å². The summed E-state index contributed by atoms with van der Waals surface area (Å²) in [5.41, 5.74) is 3.69. The highest BCUT2D eigenvalue weighted by Gasteiger charge is 2.20. The van der Waals surface area contributed by atoms with Crippen LogP contribution in [0.1, 0.15) is 42.1 Å². The van der Waals surface area contributed by atoms with E-state index < -0.39 is 0 Å². The van der Waals surface area contributed by atoms with Crippen LogP contribution in [-0.2, 0) is 0 Å². The molecule has 5 heteroatoms. The Labute approximate surface area is 171 Å². The van der Waals surface area contributed by atoms with E-state index in [0.717, 1.165) is 35.4 Å². The fraction of sp³-hybridized carbons (Fsp3) is 0.333. The Morgan fingerprint density at radius 1 is 1.07 bits per heavy atom. The number of carbonyl (C=O) groups excluding carboxylic acids is 1. The van der Waals surface area contributed by atoms with Gasteiger partial charge in [0, 0.05) is 22.7 Å². The Hall–Kier alpha value is -3.08. The minimum Gasteiger partial charge on any atom is -0.494 e. The maximum absolute atomic E-state index is 12.6. The molecule has 0 saturated carbocycles. The number of ether oxygens (including phenoxy) is 1. The number of hydrogen-bond acceptors (Lipinski definition) is 3. The number of pyridine rings is 1. The molecule has 1 amide bonds. The van der Waals surface area contributed by atoms with Gasteiger partial charge in [-0.3, -0.25) is 9.69 Å². The van der Waals surface area contributed by atoms with Gasteiger partial charge in [-0.05, 0) is 81.1 Å².